The molecule has 0 radical (unpaired) electrons. The zero-order chi connectivity index (χ0) is 10.7. The van der Waals surface area contributed by atoms with Gasteiger partial charge in [-0.05, 0) is 12.1 Å². The Kier molecular flexibility index (Phi) is 3.51. The second-order valence-electron chi connectivity index (χ2n) is 3.43. The fourth-order valence-corrected chi connectivity index (χ4v) is 1.75. The molecule has 0 saturated carbocycles. The number of ketones is 1. The first-order valence-electron chi connectivity index (χ1n) is 4.72. The van der Waals surface area contributed by atoms with Gasteiger partial charge in [-0.1, -0.05) is 28.1 Å². The second-order valence-corrected chi connectivity index (χ2v) is 4.34. The van der Waals surface area contributed by atoms with Crippen LogP contribution in [-0.4, -0.2) is 25.8 Å². The number of benzene rings is 1. The first-order chi connectivity index (χ1) is 7.27. The molecule has 0 unspecified atom stereocenters. The molecular weight excluding hydrogens is 260 g/mol. The summed E-state index contributed by atoms with van der Waals surface area (Å²) in [6.07, 6.45) is 0. The molecule has 1 aromatic rings. The highest BCUT2D eigenvalue weighted by atomic mass is 79.9. The standard InChI is InChI=1S/C11H11BrO3/c12-10-3-1-8(2-4-10)11(13)9-5-14-7-15-6-9/h1-4,9H,5-7H2. The maximum atomic E-state index is 11.9. The Labute approximate surface area is 96.5 Å². The van der Waals surface area contributed by atoms with Gasteiger partial charge in [0.1, 0.15) is 6.79 Å². The topological polar surface area (TPSA) is 35.5 Å². The van der Waals surface area contributed by atoms with E-state index in [2.05, 4.69) is 15.9 Å². The van der Waals surface area contributed by atoms with E-state index >= 15 is 0 Å². The molecule has 1 saturated heterocycles. The summed E-state index contributed by atoms with van der Waals surface area (Å²) in [5.41, 5.74) is 0.706. The molecule has 0 atom stereocenters. The maximum Gasteiger partial charge on any atom is 0.170 e. The average Bonchev–Trinajstić information content (AvgIpc) is 2.30. The third kappa shape index (κ3) is 2.65. The van der Waals surface area contributed by atoms with Crippen LogP contribution in [-0.2, 0) is 9.47 Å². The zero-order valence-corrected chi connectivity index (χ0v) is 9.70. The molecule has 1 fully saturated rings. The number of hydrogen-bond donors (Lipinski definition) is 0. The first kappa shape index (κ1) is 10.8. The van der Waals surface area contributed by atoms with Gasteiger partial charge in [0.05, 0.1) is 19.1 Å². The molecule has 1 aliphatic rings. The molecule has 1 heterocycles. The van der Waals surface area contributed by atoms with Crippen molar-refractivity contribution in [2.45, 2.75) is 0 Å². The van der Waals surface area contributed by atoms with E-state index in [1.807, 2.05) is 12.1 Å². The normalized spacial score (nSPS) is 17.7. The second kappa shape index (κ2) is 4.88. The van der Waals surface area contributed by atoms with Crippen molar-refractivity contribution in [1.82, 2.24) is 0 Å². The van der Waals surface area contributed by atoms with Crippen molar-refractivity contribution < 1.29 is 14.3 Å². The summed E-state index contributed by atoms with van der Waals surface area (Å²) in [5, 5.41) is 0. The lowest BCUT2D eigenvalue weighted by Crippen LogP contribution is -2.30. The van der Waals surface area contributed by atoms with Gasteiger partial charge < -0.3 is 9.47 Å². The van der Waals surface area contributed by atoms with E-state index in [1.54, 1.807) is 12.1 Å². The molecule has 3 nitrogen and oxygen atoms in total. The third-order valence-electron chi connectivity index (χ3n) is 2.30. The number of halogens is 1. The van der Waals surface area contributed by atoms with E-state index in [-0.39, 0.29) is 11.7 Å². The SMILES string of the molecule is O=C(c1ccc(Br)cc1)C1COCOC1. The fourth-order valence-electron chi connectivity index (χ4n) is 1.49. The molecule has 1 aliphatic heterocycles. The number of ether oxygens (including phenoxy) is 2. The summed E-state index contributed by atoms with van der Waals surface area (Å²) in [6, 6.07) is 7.33. The molecule has 0 spiro atoms. The average molecular weight is 271 g/mol. The number of carbonyl (C=O) groups excluding carboxylic acids is 1. The van der Waals surface area contributed by atoms with Crippen molar-refractivity contribution in [3.63, 3.8) is 0 Å². The third-order valence-corrected chi connectivity index (χ3v) is 2.83. The van der Waals surface area contributed by atoms with Crippen molar-refractivity contribution in [2.75, 3.05) is 20.0 Å². The van der Waals surface area contributed by atoms with Crippen LogP contribution in [0.1, 0.15) is 10.4 Å². The quantitative estimate of drug-likeness (QED) is 0.774. The van der Waals surface area contributed by atoms with Gasteiger partial charge in [-0.2, -0.15) is 0 Å². The van der Waals surface area contributed by atoms with Gasteiger partial charge in [-0.3, -0.25) is 4.79 Å². The minimum Gasteiger partial charge on any atom is -0.355 e. The number of hydrogen-bond acceptors (Lipinski definition) is 3. The number of Topliss-reactive ketones (excluding diaryl/α,β-unsaturated/α-hetero) is 1. The summed E-state index contributed by atoms with van der Waals surface area (Å²) >= 11 is 3.33. The van der Waals surface area contributed by atoms with Crippen molar-refractivity contribution in [3.05, 3.63) is 34.3 Å². The Bertz CT molecular complexity index is 341. The first-order valence-corrected chi connectivity index (χ1v) is 5.52. The van der Waals surface area contributed by atoms with Crippen LogP contribution in [0.3, 0.4) is 0 Å². The van der Waals surface area contributed by atoms with Crippen molar-refractivity contribution in [3.8, 4) is 0 Å². The van der Waals surface area contributed by atoms with Gasteiger partial charge in [0.2, 0.25) is 0 Å². The summed E-state index contributed by atoms with van der Waals surface area (Å²) < 4.78 is 11.2. The van der Waals surface area contributed by atoms with Crippen molar-refractivity contribution in [2.24, 2.45) is 5.92 Å². The molecule has 2 rings (SSSR count). The van der Waals surface area contributed by atoms with Crippen LogP contribution in [0, 0.1) is 5.92 Å². The summed E-state index contributed by atoms with van der Waals surface area (Å²) in [5.74, 6) is -0.0814. The van der Waals surface area contributed by atoms with Gasteiger partial charge >= 0.3 is 0 Å². The van der Waals surface area contributed by atoms with E-state index in [0.717, 1.165) is 4.47 Å². The van der Waals surface area contributed by atoms with Crippen LogP contribution in [0.2, 0.25) is 0 Å². The highest BCUT2D eigenvalue weighted by molar-refractivity contribution is 9.10. The molecule has 0 aromatic heterocycles. The minimum atomic E-state index is -0.167. The molecule has 80 valence electrons. The largest absolute Gasteiger partial charge is 0.355 e. The summed E-state index contributed by atoms with van der Waals surface area (Å²) in [7, 11) is 0. The van der Waals surface area contributed by atoms with Gasteiger partial charge in [-0.15, -0.1) is 0 Å². The Balaban J connectivity index is 2.09. The Morgan fingerprint density at radius 3 is 2.40 bits per heavy atom. The van der Waals surface area contributed by atoms with Gasteiger partial charge in [0.25, 0.3) is 0 Å². The Morgan fingerprint density at radius 1 is 1.20 bits per heavy atom. The van der Waals surface area contributed by atoms with Crippen LogP contribution in [0.5, 0.6) is 0 Å². The molecular formula is C11H11BrO3. The van der Waals surface area contributed by atoms with Gasteiger partial charge in [0.15, 0.2) is 5.78 Å². The van der Waals surface area contributed by atoms with Crippen LogP contribution < -0.4 is 0 Å². The van der Waals surface area contributed by atoms with Crippen molar-refractivity contribution >= 4 is 21.7 Å². The lowest BCUT2D eigenvalue weighted by molar-refractivity contribution is -0.116. The summed E-state index contributed by atoms with van der Waals surface area (Å²) in [4.78, 5) is 11.9. The fraction of sp³-hybridized carbons (Fsp3) is 0.364. The van der Waals surface area contributed by atoms with Crippen LogP contribution in [0.4, 0.5) is 0 Å². The van der Waals surface area contributed by atoms with E-state index in [0.29, 0.717) is 25.6 Å². The lowest BCUT2D eigenvalue weighted by atomic mass is 9.99. The monoisotopic (exact) mass is 270 g/mol. The van der Waals surface area contributed by atoms with Crippen molar-refractivity contribution in [1.29, 1.82) is 0 Å². The molecule has 0 amide bonds. The number of carbonyl (C=O) groups is 1. The molecule has 4 heteroatoms. The number of rotatable bonds is 2. The van der Waals surface area contributed by atoms with E-state index in [1.165, 1.54) is 0 Å². The molecule has 15 heavy (non-hydrogen) atoms. The van der Waals surface area contributed by atoms with Gasteiger partial charge in [-0.25, -0.2) is 0 Å². The minimum absolute atomic E-state index is 0.0854. The van der Waals surface area contributed by atoms with E-state index in [4.69, 9.17) is 9.47 Å². The molecule has 1 aromatic carbocycles. The van der Waals surface area contributed by atoms with Crippen LogP contribution in [0.15, 0.2) is 28.7 Å². The predicted octanol–water partition coefficient (Wildman–Crippen LogP) is 2.25. The maximum absolute atomic E-state index is 11.9. The Morgan fingerprint density at radius 2 is 1.80 bits per heavy atom. The molecule has 0 bridgehead atoms. The highest BCUT2D eigenvalue weighted by Crippen LogP contribution is 2.16. The lowest BCUT2D eigenvalue weighted by Gasteiger charge is -2.21. The van der Waals surface area contributed by atoms with E-state index < -0.39 is 0 Å². The summed E-state index contributed by atoms with van der Waals surface area (Å²) in [6.45, 7) is 1.20. The smallest absolute Gasteiger partial charge is 0.170 e. The van der Waals surface area contributed by atoms with E-state index in [9.17, 15) is 4.79 Å². The molecule has 0 N–H and O–H groups in total. The highest BCUT2D eigenvalue weighted by Gasteiger charge is 2.23. The van der Waals surface area contributed by atoms with Crippen LogP contribution in [0.25, 0.3) is 0 Å². The Hall–Kier alpha value is -0.710. The predicted molar refractivity (Wildman–Crippen MR) is 58.7 cm³/mol. The van der Waals surface area contributed by atoms with Gasteiger partial charge in [0, 0.05) is 10.0 Å². The molecule has 0 aliphatic carbocycles. The zero-order valence-electron chi connectivity index (χ0n) is 8.11. The van der Waals surface area contributed by atoms with Crippen LogP contribution >= 0.6 is 15.9 Å².